The van der Waals surface area contributed by atoms with Crippen LogP contribution in [-0.4, -0.2) is 48.3 Å². The quantitative estimate of drug-likeness (QED) is 0.499. The molecule has 0 aromatic heterocycles. The molecule has 0 radical (unpaired) electrons. The van der Waals surface area contributed by atoms with Crippen LogP contribution >= 0.6 is 0 Å². The highest BCUT2D eigenvalue weighted by molar-refractivity contribution is 5.72. The predicted octanol–water partition coefficient (Wildman–Crippen LogP) is 3.64. The molecule has 1 aliphatic rings. The number of likely N-dealkylation sites (tertiary alicyclic amines) is 1. The van der Waals surface area contributed by atoms with E-state index in [2.05, 4.69) is 0 Å². The summed E-state index contributed by atoms with van der Waals surface area (Å²) in [5.41, 5.74) is 1.52. The van der Waals surface area contributed by atoms with Crippen molar-refractivity contribution < 1.29 is 33.3 Å². The van der Waals surface area contributed by atoms with Crippen molar-refractivity contribution in [2.24, 2.45) is 0 Å². The molecule has 8 heteroatoms. The number of methoxy groups -OCH3 is 1. The molecular weight excluding hydrogens is 414 g/mol. The van der Waals surface area contributed by atoms with Gasteiger partial charge in [-0.1, -0.05) is 42.5 Å². The van der Waals surface area contributed by atoms with Gasteiger partial charge in [0.15, 0.2) is 12.2 Å². The van der Waals surface area contributed by atoms with Crippen LogP contribution in [0.3, 0.4) is 0 Å². The Hall–Kier alpha value is -3.55. The van der Waals surface area contributed by atoms with Gasteiger partial charge < -0.3 is 18.9 Å². The molecule has 8 nitrogen and oxygen atoms in total. The first kappa shape index (κ1) is 23.1. The van der Waals surface area contributed by atoms with Crippen molar-refractivity contribution in [2.75, 3.05) is 7.11 Å². The zero-order valence-electron chi connectivity index (χ0n) is 18.5. The number of nitrogens with zero attached hydrogens (tertiary/aromatic N) is 1. The molecule has 3 rings (SSSR count). The van der Waals surface area contributed by atoms with E-state index in [4.69, 9.17) is 18.9 Å². The lowest BCUT2D eigenvalue weighted by Gasteiger charge is -2.29. The van der Waals surface area contributed by atoms with Crippen molar-refractivity contribution in [1.82, 2.24) is 4.90 Å². The number of amides is 1. The summed E-state index contributed by atoms with van der Waals surface area (Å²) in [5.74, 6) is -0.442. The van der Waals surface area contributed by atoms with Crippen molar-refractivity contribution >= 4 is 18.0 Å². The van der Waals surface area contributed by atoms with Crippen LogP contribution in [0.2, 0.25) is 0 Å². The van der Waals surface area contributed by atoms with Gasteiger partial charge >= 0.3 is 18.0 Å². The van der Waals surface area contributed by atoms with Crippen LogP contribution in [0.15, 0.2) is 54.6 Å². The highest BCUT2D eigenvalue weighted by Crippen LogP contribution is 2.41. The number of hydrogen-bond donors (Lipinski definition) is 0. The highest BCUT2D eigenvalue weighted by atomic mass is 16.6. The molecule has 1 heterocycles. The third-order valence-corrected chi connectivity index (χ3v) is 5.33. The first-order chi connectivity index (χ1) is 15.3. The van der Waals surface area contributed by atoms with Gasteiger partial charge in [0.1, 0.15) is 18.4 Å². The van der Waals surface area contributed by atoms with Gasteiger partial charge in [0, 0.05) is 13.8 Å². The Morgan fingerprint density at radius 2 is 1.47 bits per heavy atom. The fourth-order valence-electron chi connectivity index (χ4n) is 3.93. The Balaban J connectivity index is 1.96. The van der Waals surface area contributed by atoms with Crippen molar-refractivity contribution in [1.29, 1.82) is 0 Å². The summed E-state index contributed by atoms with van der Waals surface area (Å²) in [6.45, 7) is 4.36. The molecule has 0 spiro atoms. The van der Waals surface area contributed by atoms with Gasteiger partial charge in [0.2, 0.25) is 0 Å². The molecule has 4 atom stereocenters. The Morgan fingerprint density at radius 1 is 0.875 bits per heavy atom. The average molecular weight is 441 g/mol. The Labute approximate surface area is 187 Å². The molecule has 1 saturated heterocycles. The van der Waals surface area contributed by atoms with Crippen LogP contribution in [0.25, 0.3) is 0 Å². The monoisotopic (exact) mass is 441 g/mol. The van der Waals surface area contributed by atoms with Crippen LogP contribution in [0.1, 0.15) is 37.9 Å². The van der Waals surface area contributed by atoms with Crippen molar-refractivity contribution in [2.45, 2.75) is 51.7 Å². The van der Waals surface area contributed by atoms with Gasteiger partial charge in [-0.05, 0) is 30.2 Å². The Kier molecular flexibility index (Phi) is 7.35. The number of hydrogen-bond acceptors (Lipinski definition) is 7. The van der Waals surface area contributed by atoms with Gasteiger partial charge in [-0.3, -0.25) is 14.5 Å². The summed E-state index contributed by atoms with van der Waals surface area (Å²) in [6.07, 6.45) is -2.36. The molecule has 0 N–H and O–H groups in total. The van der Waals surface area contributed by atoms with Crippen LogP contribution in [0, 0.1) is 0 Å². The smallest absolute Gasteiger partial charge is 0.411 e. The third kappa shape index (κ3) is 5.19. The zero-order chi connectivity index (χ0) is 23.3. The van der Waals surface area contributed by atoms with Crippen molar-refractivity contribution in [3.63, 3.8) is 0 Å². The number of carbonyl (C=O) groups excluding carboxylic acids is 3. The molecule has 2 aromatic rings. The molecule has 0 aliphatic carbocycles. The maximum Gasteiger partial charge on any atom is 0.411 e. The van der Waals surface area contributed by atoms with E-state index in [1.807, 2.05) is 30.3 Å². The molecule has 1 amide bonds. The van der Waals surface area contributed by atoms with Crippen LogP contribution in [-0.2, 0) is 30.4 Å². The van der Waals surface area contributed by atoms with E-state index in [9.17, 15) is 14.4 Å². The summed E-state index contributed by atoms with van der Waals surface area (Å²) >= 11 is 0. The van der Waals surface area contributed by atoms with Crippen LogP contribution in [0.5, 0.6) is 5.75 Å². The summed E-state index contributed by atoms with van der Waals surface area (Å²) in [4.78, 5) is 38.3. The topological polar surface area (TPSA) is 91.4 Å². The van der Waals surface area contributed by atoms with Crippen molar-refractivity contribution in [3.8, 4) is 5.75 Å². The number of esters is 2. The van der Waals surface area contributed by atoms with Gasteiger partial charge in [-0.2, -0.15) is 0 Å². The average Bonchev–Trinajstić information content (AvgIpc) is 3.03. The second-order valence-electron chi connectivity index (χ2n) is 7.55. The predicted molar refractivity (Wildman–Crippen MR) is 115 cm³/mol. The van der Waals surface area contributed by atoms with Gasteiger partial charge in [-0.15, -0.1) is 0 Å². The van der Waals surface area contributed by atoms with E-state index < -0.39 is 42.3 Å². The fraction of sp³-hybridized carbons (Fsp3) is 0.375. The Bertz CT molecular complexity index is 945. The lowest BCUT2D eigenvalue weighted by molar-refractivity contribution is -0.163. The minimum absolute atomic E-state index is 0.0781. The second-order valence-corrected chi connectivity index (χ2v) is 7.55. The van der Waals surface area contributed by atoms with Crippen molar-refractivity contribution in [3.05, 3.63) is 65.7 Å². The summed E-state index contributed by atoms with van der Waals surface area (Å²) in [6, 6.07) is 15.0. The standard InChI is InChI=1S/C24H27NO7/c1-15-22(31-16(2)26)23(32-17(3)27)21(19-10-12-20(29-4)13-11-19)25(15)24(28)30-14-18-8-6-5-7-9-18/h5-13,15,21-23H,14H2,1-4H3/t15-,21-,22-,23-/m1/s1. The third-order valence-electron chi connectivity index (χ3n) is 5.33. The number of rotatable bonds is 6. The molecule has 32 heavy (non-hydrogen) atoms. The SMILES string of the molecule is COc1ccc([C@@H]2[C@@H](OC(C)=O)[C@H](OC(C)=O)[C@@H](C)N2C(=O)OCc2ccccc2)cc1. The molecular formula is C24H27NO7. The number of carbonyl (C=O) groups is 3. The van der Waals surface area contributed by atoms with E-state index in [1.54, 1.807) is 38.3 Å². The lowest BCUT2D eigenvalue weighted by atomic mass is 10.00. The lowest BCUT2D eigenvalue weighted by Crippen LogP contribution is -2.40. The minimum Gasteiger partial charge on any atom is -0.497 e. The summed E-state index contributed by atoms with van der Waals surface area (Å²) in [7, 11) is 1.55. The van der Waals surface area contributed by atoms with E-state index in [0.29, 0.717) is 11.3 Å². The number of ether oxygens (including phenoxy) is 4. The molecule has 0 unspecified atom stereocenters. The van der Waals surface area contributed by atoms with E-state index in [1.165, 1.54) is 18.7 Å². The van der Waals surface area contributed by atoms with E-state index in [-0.39, 0.29) is 6.61 Å². The van der Waals surface area contributed by atoms with Gasteiger partial charge in [0.05, 0.1) is 13.2 Å². The van der Waals surface area contributed by atoms with Crippen LogP contribution < -0.4 is 4.74 Å². The largest absolute Gasteiger partial charge is 0.497 e. The van der Waals surface area contributed by atoms with Gasteiger partial charge in [0.25, 0.3) is 0 Å². The van der Waals surface area contributed by atoms with Gasteiger partial charge in [-0.25, -0.2) is 4.79 Å². The van der Waals surface area contributed by atoms with Crippen LogP contribution in [0.4, 0.5) is 4.79 Å². The minimum atomic E-state index is -0.899. The number of benzene rings is 2. The first-order valence-corrected chi connectivity index (χ1v) is 10.3. The molecule has 1 fully saturated rings. The zero-order valence-corrected chi connectivity index (χ0v) is 18.5. The first-order valence-electron chi connectivity index (χ1n) is 10.3. The fourth-order valence-corrected chi connectivity index (χ4v) is 3.93. The molecule has 1 aliphatic heterocycles. The van der Waals surface area contributed by atoms with E-state index in [0.717, 1.165) is 5.56 Å². The molecule has 0 bridgehead atoms. The normalized spacial score (nSPS) is 22.2. The Morgan fingerprint density at radius 3 is 2.03 bits per heavy atom. The van der Waals surface area contributed by atoms with E-state index >= 15 is 0 Å². The maximum absolute atomic E-state index is 13.2. The summed E-state index contributed by atoms with van der Waals surface area (Å²) < 4.78 is 21.8. The maximum atomic E-state index is 13.2. The molecule has 2 aromatic carbocycles. The molecule has 0 saturated carbocycles. The summed E-state index contributed by atoms with van der Waals surface area (Å²) in [5, 5.41) is 0. The highest BCUT2D eigenvalue weighted by Gasteiger charge is 2.54. The molecule has 170 valence electrons. The second kappa shape index (κ2) is 10.2.